The number of para-hydroxylation sites is 2. The van der Waals surface area contributed by atoms with E-state index in [2.05, 4.69) is 99.5 Å². The first-order valence-corrected chi connectivity index (χ1v) is 11.9. The number of rotatable bonds is 2. The minimum atomic E-state index is 0.271. The molecule has 7 aromatic rings. The van der Waals surface area contributed by atoms with Gasteiger partial charge in [0.15, 0.2) is 0 Å². The molecule has 0 N–H and O–H groups in total. The maximum absolute atomic E-state index is 6.41. The highest BCUT2D eigenvalue weighted by molar-refractivity contribution is 7.26. The molecule has 33 heavy (non-hydrogen) atoms. The van der Waals surface area contributed by atoms with Crippen LogP contribution in [0.25, 0.3) is 59.1 Å². The monoisotopic (exact) mass is 461 g/mol. The lowest BCUT2D eigenvalue weighted by molar-refractivity contribution is 1.18. The molecule has 0 fully saturated rings. The predicted molar refractivity (Wildman–Crippen MR) is 140 cm³/mol. The fourth-order valence-corrected chi connectivity index (χ4v) is 6.06. The largest absolute Gasteiger partial charge is 0.309 e. The number of aromatic nitrogens is 3. The Morgan fingerprint density at radius 2 is 1.39 bits per heavy atom. The van der Waals surface area contributed by atoms with Gasteiger partial charge < -0.3 is 4.57 Å². The molecule has 0 spiro atoms. The lowest BCUT2D eigenvalue weighted by Gasteiger charge is -2.08. The third kappa shape index (κ3) is 2.81. The Kier molecular flexibility index (Phi) is 4.07. The molecule has 3 nitrogen and oxygen atoms in total. The summed E-state index contributed by atoms with van der Waals surface area (Å²) >= 11 is 8.12. The topological polar surface area (TPSA) is 30.7 Å². The van der Waals surface area contributed by atoms with Crippen LogP contribution in [0.4, 0.5) is 0 Å². The molecule has 3 heterocycles. The van der Waals surface area contributed by atoms with E-state index in [1.807, 2.05) is 12.1 Å². The van der Waals surface area contributed by atoms with E-state index in [-0.39, 0.29) is 5.28 Å². The van der Waals surface area contributed by atoms with Crippen molar-refractivity contribution in [2.45, 2.75) is 0 Å². The van der Waals surface area contributed by atoms with Gasteiger partial charge in [0.1, 0.15) is 0 Å². The number of thiophene rings is 1. The maximum Gasteiger partial charge on any atom is 0.223 e. The van der Waals surface area contributed by atoms with Gasteiger partial charge in [0.25, 0.3) is 0 Å². The molecule has 0 amide bonds. The predicted octanol–water partition coefficient (Wildman–Crippen LogP) is 8.26. The third-order valence-corrected chi connectivity index (χ3v) is 7.49. The van der Waals surface area contributed by atoms with Gasteiger partial charge in [0.2, 0.25) is 5.28 Å². The van der Waals surface area contributed by atoms with Gasteiger partial charge in [-0.2, -0.15) is 0 Å². The Bertz CT molecular complexity index is 1830. The molecule has 0 aliphatic carbocycles. The summed E-state index contributed by atoms with van der Waals surface area (Å²) in [5.41, 5.74) is 6.33. The first-order chi connectivity index (χ1) is 16.3. The van der Waals surface area contributed by atoms with Crippen LogP contribution < -0.4 is 0 Å². The number of halogens is 1. The van der Waals surface area contributed by atoms with Crippen LogP contribution in [-0.2, 0) is 0 Å². The van der Waals surface area contributed by atoms with Gasteiger partial charge in [-0.05, 0) is 48.0 Å². The molecule has 0 saturated carbocycles. The molecule has 3 aromatic heterocycles. The Morgan fingerprint density at radius 1 is 0.667 bits per heavy atom. The quantitative estimate of drug-likeness (QED) is 0.242. The number of hydrogen-bond acceptors (Lipinski definition) is 3. The van der Waals surface area contributed by atoms with Gasteiger partial charge in [-0.3, -0.25) is 0 Å². The van der Waals surface area contributed by atoms with Crippen molar-refractivity contribution in [1.29, 1.82) is 0 Å². The lowest BCUT2D eigenvalue weighted by atomic mass is 10.1. The van der Waals surface area contributed by atoms with Gasteiger partial charge in [0.05, 0.1) is 26.9 Å². The van der Waals surface area contributed by atoms with Crippen molar-refractivity contribution in [2.75, 3.05) is 0 Å². The van der Waals surface area contributed by atoms with Crippen molar-refractivity contribution in [3.05, 3.63) is 102 Å². The van der Waals surface area contributed by atoms with Crippen molar-refractivity contribution in [3.8, 4) is 16.9 Å². The van der Waals surface area contributed by atoms with Crippen molar-refractivity contribution >= 4 is 65.0 Å². The molecule has 4 aromatic carbocycles. The normalized spacial score (nSPS) is 11.8. The van der Waals surface area contributed by atoms with E-state index in [1.54, 1.807) is 11.3 Å². The van der Waals surface area contributed by atoms with Crippen molar-refractivity contribution < 1.29 is 0 Å². The van der Waals surface area contributed by atoms with E-state index >= 15 is 0 Å². The van der Waals surface area contributed by atoms with Crippen LogP contribution in [0, 0.1) is 0 Å². The highest BCUT2D eigenvalue weighted by Crippen LogP contribution is 2.40. The van der Waals surface area contributed by atoms with Gasteiger partial charge in [-0.25, -0.2) is 9.97 Å². The second kappa shape index (κ2) is 7.14. The van der Waals surface area contributed by atoms with Crippen LogP contribution in [0.1, 0.15) is 0 Å². The molecular weight excluding hydrogens is 446 g/mol. The Morgan fingerprint density at radius 3 is 2.27 bits per heavy atom. The van der Waals surface area contributed by atoms with E-state index in [9.17, 15) is 0 Å². The summed E-state index contributed by atoms with van der Waals surface area (Å²) in [6.07, 6.45) is 0. The fraction of sp³-hybridized carbons (Fsp3) is 0. The number of fused-ring (bicyclic) bond motifs is 6. The summed E-state index contributed by atoms with van der Waals surface area (Å²) in [7, 11) is 0. The SMILES string of the molecule is Clc1nc(-c2ccc3c(c2)c2ccccc2n3-c2ccccc2)c2sc3ccccc3c2n1. The Hall–Kier alpha value is -3.73. The summed E-state index contributed by atoms with van der Waals surface area (Å²) in [5, 5.41) is 3.79. The summed E-state index contributed by atoms with van der Waals surface area (Å²) < 4.78 is 4.56. The minimum absolute atomic E-state index is 0.271. The van der Waals surface area contributed by atoms with E-state index in [0.717, 1.165) is 32.5 Å². The molecular formula is C28H16ClN3S. The van der Waals surface area contributed by atoms with E-state index in [0.29, 0.717) is 0 Å². The first kappa shape index (κ1) is 18.8. The third-order valence-electron chi connectivity index (χ3n) is 6.15. The standard InChI is InChI=1S/C28H16ClN3S/c29-28-30-25(27-26(31-28)20-11-5-7-13-24(20)33-27)17-14-15-23-21(16-17)19-10-4-6-12-22(19)32(23)18-8-2-1-3-9-18/h1-16H. The number of benzene rings is 4. The van der Waals surface area contributed by atoms with E-state index in [4.69, 9.17) is 11.6 Å². The van der Waals surface area contributed by atoms with Crippen LogP contribution in [0.5, 0.6) is 0 Å². The number of nitrogens with zero attached hydrogens (tertiary/aromatic N) is 3. The second-order valence-corrected chi connectivity index (χ2v) is 9.43. The smallest absolute Gasteiger partial charge is 0.223 e. The van der Waals surface area contributed by atoms with Crippen LogP contribution in [-0.4, -0.2) is 14.5 Å². The summed E-state index contributed by atoms with van der Waals surface area (Å²) in [4.78, 5) is 9.24. The first-order valence-electron chi connectivity index (χ1n) is 10.7. The summed E-state index contributed by atoms with van der Waals surface area (Å²) in [6.45, 7) is 0. The molecule has 156 valence electrons. The van der Waals surface area contributed by atoms with Crippen molar-refractivity contribution in [1.82, 2.24) is 14.5 Å². The molecule has 0 atom stereocenters. The molecule has 0 unspecified atom stereocenters. The maximum atomic E-state index is 6.41. The van der Waals surface area contributed by atoms with Crippen LogP contribution in [0.3, 0.4) is 0 Å². The highest BCUT2D eigenvalue weighted by atomic mass is 35.5. The summed E-state index contributed by atoms with van der Waals surface area (Å²) in [5.74, 6) is 0. The molecule has 0 saturated heterocycles. The second-order valence-electron chi connectivity index (χ2n) is 8.04. The van der Waals surface area contributed by atoms with Gasteiger partial charge in [-0.1, -0.05) is 60.7 Å². The zero-order valence-electron chi connectivity index (χ0n) is 17.4. The Balaban J connectivity index is 1.55. The highest BCUT2D eigenvalue weighted by Gasteiger charge is 2.17. The molecule has 0 bridgehead atoms. The fourth-order valence-electron chi connectivity index (χ4n) is 4.73. The zero-order valence-corrected chi connectivity index (χ0v) is 18.9. The van der Waals surface area contributed by atoms with Gasteiger partial charge in [0, 0.05) is 32.1 Å². The van der Waals surface area contributed by atoms with Gasteiger partial charge in [-0.15, -0.1) is 11.3 Å². The van der Waals surface area contributed by atoms with E-state index < -0.39 is 0 Å². The number of hydrogen-bond donors (Lipinski definition) is 0. The van der Waals surface area contributed by atoms with Crippen LogP contribution in [0.2, 0.25) is 5.28 Å². The van der Waals surface area contributed by atoms with Gasteiger partial charge >= 0.3 is 0 Å². The average molecular weight is 462 g/mol. The Labute approximate surface area is 198 Å². The molecule has 0 aliphatic rings. The lowest BCUT2D eigenvalue weighted by Crippen LogP contribution is -1.93. The molecule has 0 aliphatic heterocycles. The zero-order chi connectivity index (χ0) is 21.9. The summed E-state index contributed by atoms with van der Waals surface area (Å²) in [6, 6.07) is 33.9. The van der Waals surface area contributed by atoms with Crippen molar-refractivity contribution in [2.24, 2.45) is 0 Å². The van der Waals surface area contributed by atoms with Crippen LogP contribution >= 0.6 is 22.9 Å². The van der Waals surface area contributed by atoms with Crippen LogP contribution in [0.15, 0.2) is 97.1 Å². The van der Waals surface area contributed by atoms with E-state index in [1.165, 1.54) is 26.5 Å². The molecule has 7 rings (SSSR count). The van der Waals surface area contributed by atoms with Crippen molar-refractivity contribution in [3.63, 3.8) is 0 Å². The average Bonchev–Trinajstić information content (AvgIpc) is 3.39. The molecule has 5 heteroatoms. The minimum Gasteiger partial charge on any atom is -0.309 e. The molecule has 0 radical (unpaired) electrons.